The summed E-state index contributed by atoms with van der Waals surface area (Å²) in [5.41, 5.74) is 2.94. The molecule has 6 nitrogen and oxygen atoms in total. The van der Waals surface area contributed by atoms with Crippen molar-refractivity contribution in [3.8, 4) is 28.7 Å². The standard InChI is InChI=1S/C20H11ClF3N5O/c21-16-7-5-13(6-8-16)17-15(9-25)11-29(27-17)10-12-1-3-14(4-2-12)18-26-19(30-28-18)20(22,23)24/h1-8,11H,10H2. The lowest BCUT2D eigenvalue weighted by Crippen LogP contribution is -2.04. The highest BCUT2D eigenvalue weighted by Crippen LogP contribution is 2.29. The lowest BCUT2D eigenvalue weighted by molar-refractivity contribution is -0.159. The molecule has 30 heavy (non-hydrogen) atoms. The van der Waals surface area contributed by atoms with Crippen molar-refractivity contribution in [2.75, 3.05) is 0 Å². The fourth-order valence-electron chi connectivity index (χ4n) is 2.81. The van der Waals surface area contributed by atoms with Crippen LogP contribution in [0, 0.1) is 11.3 Å². The fraction of sp³-hybridized carbons (Fsp3) is 0.100. The molecule has 0 amide bonds. The van der Waals surface area contributed by atoms with Crippen molar-refractivity contribution < 1.29 is 17.7 Å². The van der Waals surface area contributed by atoms with Crippen LogP contribution in [0.15, 0.2) is 59.3 Å². The number of hydrogen-bond acceptors (Lipinski definition) is 5. The van der Waals surface area contributed by atoms with Gasteiger partial charge in [0.1, 0.15) is 11.8 Å². The Hall–Kier alpha value is -3.64. The van der Waals surface area contributed by atoms with Crippen molar-refractivity contribution in [3.63, 3.8) is 0 Å². The second kappa shape index (κ2) is 7.65. The third-order valence-electron chi connectivity index (χ3n) is 4.23. The molecule has 0 saturated carbocycles. The van der Waals surface area contributed by atoms with Gasteiger partial charge >= 0.3 is 12.1 Å². The van der Waals surface area contributed by atoms with Crippen LogP contribution < -0.4 is 0 Å². The van der Waals surface area contributed by atoms with E-state index in [-0.39, 0.29) is 5.82 Å². The molecule has 0 spiro atoms. The van der Waals surface area contributed by atoms with Crippen LogP contribution in [0.1, 0.15) is 17.0 Å². The number of alkyl halides is 3. The normalized spacial score (nSPS) is 11.4. The lowest BCUT2D eigenvalue weighted by Gasteiger charge is -2.03. The Kier molecular flexibility index (Phi) is 5.01. The monoisotopic (exact) mass is 429 g/mol. The Balaban J connectivity index is 1.54. The van der Waals surface area contributed by atoms with Crippen LogP contribution in [-0.4, -0.2) is 19.9 Å². The average molecular weight is 430 g/mol. The zero-order valence-corrected chi connectivity index (χ0v) is 15.8. The number of nitriles is 1. The Morgan fingerprint density at radius 2 is 1.70 bits per heavy atom. The number of benzene rings is 2. The van der Waals surface area contributed by atoms with Crippen LogP contribution in [-0.2, 0) is 12.7 Å². The Morgan fingerprint density at radius 1 is 1.03 bits per heavy atom. The van der Waals surface area contributed by atoms with Gasteiger partial charge in [-0.3, -0.25) is 4.68 Å². The molecule has 0 aliphatic heterocycles. The zero-order valence-electron chi connectivity index (χ0n) is 15.1. The smallest absolute Gasteiger partial charge is 0.329 e. The van der Waals surface area contributed by atoms with Crippen molar-refractivity contribution in [1.82, 2.24) is 19.9 Å². The Labute approximate surface area is 173 Å². The predicted octanol–water partition coefficient (Wildman–Crippen LogP) is 5.19. The van der Waals surface area contributed by atoms with Crippen LogP contribution in [0.5, 0.6) is 0 Å². The van der Waals surface area contributed by atoms with Gasteiger partial charge in [-0.1, -0.05) is 53.2 Å². The van der Waals surface area contributed by atoms with E-state index in [0.29, 0.717) is 28.4 Å². The van der Waals surface area contributed by atoms with E-state index in [1.165, 1.54) is 0 Å². The van der Waals surface area contributed by atoms with Gasteiger partial charge in [0, 0.05) is 22.3 Å². The minimum absolute atomic E-state index is 0.148. The molecule has 0 fully saturated rings. The molecule has 4 rings (SSSR count). The molecule has 0 saturated heterocycles. The van der Waals surface area contributed by atoms with Crippen LogP contribution in [0.3, 0.4) is 0 Å². The lowest BCUT2D eigenvalue weighted by atomic mass is 10.1. The fourth-order valence-corrected chi connectivity index (χ4v) is 2.93. The highest BCUT2D eigenvalue weighted by Gasteiger charge is 2.38. The van der Waals surface area contributed by atoms with Gasteiger partial charge in [-0.25, -0.2) is 0 Å². The molecule has 10 heteroatoms. The van der Waals surface area contributed by atoms with Gasteiger partial charge in [0.15, 0.2) is 0 Å². The third-order valence-corrected chi connectivity index (χ3v) is 4.48. The van der Waals surface area contributed by atoms with Gasteiger partial charge in [0.2, 0.25) is 5.82 Å². The van der Waals surface area contributed by atoms with Gasteiger partial charge in [0.05, 0.1) is 12.1 Å². The highest BCUT2D eigenvalue weighted by atomic mass is 35.5. The third kappa shape index (κ3) is 4.04. The molecule has 0 unspecified atom stereocenters. The summed E-state index contributed by atoms with van der Waals surface area (Å²) in [5.74, 6) is -1.54. The van der Waals surface area contributed by atoms with E-state index in [4.69, 9.17) is 11.6 Å². The van der Waals surface area contributed by atoms with Crippen LogP contribution in [0.4, 0.5) is 13.2 Å². The molecule has 0 N–H and O–H groups in total. The van der Waals surface area contributed by atoms with E-state index in [2.05, 4.69) is 25.8 Å². The first kappa shape index (κ1) is 19.7. The van der Waals surface area contributed by atoms with Crippen LogP contribution in [0.2, 0.25) is 5.02 Å². The minimum Gasteiger partial charge on any atom is -0.329 e. The molecule has 4 aromatic rings. The van der Waals surface area contributed by atoms with Gasteiger partial charge in [-0.05, 0) is 17.7 Å². The minimum atomic E-state index is -4.69. The van der Waals surface area contributed by atoms with Crippen molar-refractivity contribution in [3.05, 3.63) is 76.8 Å². The van der Waals surface area contributed by atoms with Crippen molar-refractivity contribution in [2.45, 2.75) is 12.7 Å². The molecule has 2 aromatic heterocycles. The molecular formula is C20H11ClF3N5O. The summed E-state index contributed by atoms with van der Waals surface area (Å²) < 4.78 is 43.6. The van der Waals surface area contributed by atoms with Crippen LogP contribution >= 0.6 is 11.6 Å². The van der Waals surface area contributed by atoms with E-state index in [1.807, 2.05) is 0 Å². The molecular weight excluding hydrogens is 419 g/mol. The van der Waals surface area contributed by atoms with Gasteiger partial charge < -0.3 is 4.52 Å². The van der Waals surface area contributed by atoms with Gasteiger partial charge in [-0.15, -0.1) is 0 Å². The molecule has 2 aromatic carbocycles. The number of halogens is 4. The van der Waals surface area contributed by atoms with E-state index in [1.54, 1.807) is 59.4 Å². The highest BCUT2D eigenvalue weighted by molar-refractivity contribution is 6.30. The maximum absolute atomic E-state index is 12.6. The summed E-state index contributed by atoms with van der Waals surface area (Å²) in [7, 11) is 0. The van der Waals surface area contributed by atoms with Crippen molar-refractivity contribution >= 4 is 11.6 Å². The first-order chi connectivity index (χ1) is 14.3. The summed E-state index contributed by atoms with van der Waals surface area (Å²) >= 11 is 5.90. The number of hydrogen-bond donors (Lipinski definition) is 0. The predicted molar refractivity (Wildman–Crippen MR) is 101 cm³/mol. The van der Waals surface area contributed by atoms with E-state index in [9.17, 15) is 18.4 Å². The maximum atomic E-state index is 12.6. The van der Waals surface area contributed by atoms with E-state index in [0.717, 1.165) is 11.1 Å². The number of nitrogens with zero attached hydrogens (tertiary/aromatic N) is 5. The van der Waals surface area contributed by atoms with E-state index < -0.39 is 12.1 Å². The molecule has 2 heterocycles. The second-order valence-corrected chi connectivity index (χ2v) is 6.76. The summed E-state index contributed by atoms with van der Waals surface area (Å²) in [6.07, 6.45) is -3.06. The van der Waals surface area contributed by atoms with Gasteiger partial charge in [-0.2, -0.15) is 28.5 Å². The molecule has 0 aliphatic carbocycles. The van der Waals surface area contributed by atoms with Crippen LogP contribution in [0.25, 0.3) is 22.6 Å². The van der Waals surface area contributed by atoms with Gasteiger partial charge in [0.25, 0.3) is 0 Å². The molecule has 0 bridgehead atoms. The van der Waals surface area contributed by atoms with Crippen molar-refractivity contribution in [2.24, 2.45) is 0 Å². The van der Waals surface area contributed by atoms with Crippen molar-refractivity contribution in [1.29, 1.82) is 5.26 Å². The second-order valence-electron chi connectivity index (χ2n) is 6.33. The van der Waals surface area contributed by atoms with E-state index >= 15 is 0 Å². The summed E-state index contributed by atoms with van der Waals surface area (Å²) in [4.78, 5) is 3.37. The summed E-state index contributed by atoms with van der Waals surface area (Å²) in [6, 6.07) is 15.7. The zero-order chi connectivity index (χ0) is 21.3. The molecule has 0 atom stereocenters. The molecule has 150 valence electrons. The molecule has 0 radical (unpaired) electrons. The average Bonchev–Trinajstić information content (AvgIpc) is 3.36. The quantitative estimate of drug-likeness (QED) is 0.446. The Bertz CT molecular complexity index is 1220. The summed E-state index contributed by atoms with van der Waals surface area (Å²) in [5, 5.41) is 17.8. The first-order valence-corrected chi connectivity index (χ1v) is 8.95. The summed E-state index contributed by atoms with van der Waals surface area (Å²) in [6.45, 7) is 0.364. The SMILES string of the molecule is N#Cc1cn(Cc2ccc(-c3noc(C(F)(F)F)n3)cc2)nc1-c1ccc(Cl)cc1. The largest absolute Gasteiger partial charge is 0.471 e. The Morgan fingerprint density at radius 3 is 2.30 bits per heavy atom. The topological polar surface area (TPSA) is 80.5 Å². The number of rotatable bonds is 4. The maximum Gasteiger partial charge on any atom is 0.471 e. The molecule has 0 aliphatic rings. The first-order valence-electron chi connectivity index (χ1n) is 8.57. The number of aromatic nitrogens is 4.